The lowest BCUT2D eigenvalue weighted by molar-refractivity contribution is -0.144. The van der Waals surface area contributed by atoms with Crippen LogP contribution in [0.4, 0.5) is 0 Å². The first-order valence-corrected chi connectivity index (χ1v) is 5.51. The molecule has 1 aliphatic rings. The van der Waals surface area contributed by atoms with Gasteiger partial charge in [-0.1, -0.05) is 0 Å². The van der Waals surface area contributed by atoms with Gasteiger partial charge in [0.1, 0.15) is 5.78 Å². The van der Waals surface area contributed by atoms with Crippen molar-refractivity contribution < 1.29 is 19.1 Å². The average Bonchev–Trinajstić information content (AvgIpc) is 2.68. The van der Waals surface area contributed by atoms with Crippen LogP contribution in [0.1, 0.15) is 39.0 Å². The van der Waals surface area contributed by atoms with Crippen molar-refractivity contribution in [2.75, 3.05) is 13.2 Å². The van der Waals surface area contributed by atoms with Crippen LogP contribution in [0.15, 0.2) is 0 Å². The molecule has 15 heavy (non-hydrogen) atoms. The highest BCUT2D eigenvalue weighted by atomic mass is 16.5. The molecule has 4 nitrogen and oxygen atoms in total. The third-order valence-electron chi connectivity index (χ3n) is 2.39. The van der Waals surface area contributed by atoms with E-state index in [0.717, 1.165) is 19.4 Å². The quantitative estimate of drug-likeness (QED) is 0.628. The summed E-state index contributed by atoms with van der Waals surface area (Å²) in [6.45, 7) is 2.89. The first-order valence-electron chi connectivity index (χ1n) is 5.51. The number of carbonyl (C=O) groups is 2. The van der Waals surface area contributed by atoms with E-state index in [1.807, 2.05) is 0 Å². The summed E-state index contributed by atoms with van der Waals surface area (Å²) in [5.41, 5.74) is 0. The van der Waals surface area contributed by atoms with Crippen LogP contribution in [-0.4, -0.2) is 31.1 Å². The smallest absolute Gasteiger partial charge is 0.306 e. The van der Waals surface area contributed by atoms with E-state index in [-0.39, 0.29) is 30.7 Å². The van der Waals surface area contributed by atoms with Crippen LogP contribution in [0.5, 0.6) is 0 Å². The van der Waals surface area contributed by atoms with Gasteiger partial charge in [-0.2, -0.15) is 0 Å². The summed E-state index contributed by atoms with van der Waals surface area (Å²) < 4.78 is 10.1. The number of hydrogen-bond donors (Lipinski definition) is 0. The molecule has 0 saturated carbocycles. The normalized spacial score (nSPS) is 20.2. The number of ketones is 1. The van der Waals surface area contributed by atoms with Gasteiger partial charge >= 0.3 is 5.97 Å². The minimum Gasteiger partial charge on any atom is -0.466 e. The van der Waals surface area contributed by atoms with Crippen LogP contribution >= 0.6 is 0 Å². The predicted molar refractivity (Wildman–Crippen MR) is 54.5 cm³/mol. The second kappa shape index (κ2) is 6.56. The fourth-order valence-electron chi connectivity index (χ4n) is 1.64. The Morgan fingerprint density at radius 1 is 1.40 bits per heavy atom. The summed E-state index contributed by atoms with van der Waals surface area (Å²) in [6, 6.07) is 0. The molecule has 1 saturated heterocycles. The molecule has 0 aliphatic carbocycles. The summed E-state index contributed by atoms with van der Waals surface area (Å²) in [7, 11) is 0. The largest absolute Gasteiger partial charge is 0.466 e. The molecule has 1 rings (SSSR count). The lowest BCUT2D eigenvalue weighted by Crippen LogP contribution is -2.14. The van der Waals surface area contributed by atoms with Gasteiger partial charge in [-0.15, -0.1) is 0 Å². The van der Waals surface area contributed by atoms with Gasteiger partial charge in [-0.25, -0.2) is 0 Å². The minimum atomic E-state index is -0.293. The van der Waals surface area contributed by atoms with Gasteiger partial charge in [-0.05, 0) is 19.8 Å². The van der Waals surface area contributed by atoms with Crippen molar-refractivity contribution in [2.24, 2.45) is 0 Å². The van der Waals surface area contributed by atoms with Crippen LogP contribution in [-0.2, 0) is 19.1 Å². The molecule has 0 aromatic carbocycles. The van der Waals surface area contributed by atoms with Crippen molar-refractivity contribution in [1.82, 2.24) is 0 Å². The molecule has 0 radical (unpaired) electrons. The van der Waals surface area contributed by atoms with Gasteiger partial charge < -0.3 is 9.47 Å². The summed E-state index contributed by atoms with van der Waals surface area (Å²) >= 11 is 0. The second-order valence-corrected chi connectivity index (χ2v) is 3.68. The first-order chi connectivity index (χ1) is 7.22. The summed E-state index contributed by atoms with van der Waals surface area (Å²) in [5, 5.41) is 0. The van der Waals surface area contributed by atoms with E-state index in [4.69, 9.17) is 9.47 Å². The van der Waals surface area contributed by atoms with Crippen LogP contribution in [0.25, 0.3) is 0 Å². The number of carbonyl (C=O) groups excluding carboxylic acids is 2. The molecule has 0 aromatic heterocycles. The summed E-state index contributed by atoms with van der Waals surface area (Å²) in [6.07, 6.45) is 3.00. The minimum absolute atomic E-state index is 0.0831. The molecule has 1 atom stereocenters. The fraction of sp³-hybridized carbons (Fsp3) is 0.818. The molecule has 1 heterocycles. The molecule has 0 N–H and O–H groups in total. The Kier molecular flexibility index (Phi) is 5.32. The van der Waals surface area contributed by atoms with Gasteiger partial charge in [0.05, 0.1) is 19.1 Å². The number of ether oxygens (including phenoxy) is 2. The lowest BCUT2D eigenvalue weighted by atomic mass is 10.1. The number of hydrogen-bond acceptors (Lipinski definition) is 4. The Labute approximate surface area is 89.9 Å². The van der Waals surface area contributed by atoms with E-state index >= 15 is 0 Å². The maximum Gasteiger partial charge on any atom is 0.306 e. The molecule has 0 amide bonds. The zero-order chi connectivity index (χ0) is 11.1. The van der Waals surface area contributed by atoms with Crippen molar-refractivity contribution >= 4 is 11.8 Å². The highest BCUT2D eigenvalue weighted by molar-refractivity contribution is 5.83. The Balaban J connectivity index is 2.10. The van der Waals surface area contributed by atoms with E-state index in [0.29, 0.717) is 13.0 Å². The maximum absolute atomic E-state index is 11.4. The number of Topliss-reactive ketones (excluding diaryl/α,β-unsaturated/α-hetero) is 1. The Morgan fingerprint density at radius 2 is 2.20 bits per heavy atom. The molecular weight excluding hydrogens is 196 g/mol. The third kappa shape index (κ3) is 4.93. The average molecular weight is 214 g/mol. The molecule has 1 fully saturated rings. The third-order valence-corrected chi connectivity index (χ3v) is 2.39. The first kappa shape index (κ1) is 12.2. The van der Waals surface area contributed by atoms with Crippen LogP contribution < -0.4 is 0 Å². The van der Waals surface area contributed by atoms with E-state index in [1.54, 1.807) is 6.92 Å². The maximum atomic E-state index is 11.4. The van der Waals surface area contributed by atoms with Crippen molar-refractivity contribution in [3.63, 3.8) is 0 Å². The van der Waals surface area contributed by atoms with Gasteiger partial charge in [-0.3, -0.25) is 9.59 Å². The van der Waals surface area contributed by atoms with Crippen LogP contribution in [0.2, 0.25) is 0 Å². The van der Waals surface area contributed by atoms with Crippen molar-refractivity contribution in [3.8, 4) is 0 Å². The van der Waals surface area contributed by atoms with E-state index in [9.17, 15) is 9.59 Å². The van der Waals surface area contributed by atoms with Crippen molar-refractivity contribution in [1.29, 1.82) is 0 Å². The van der Waals surface area contributed by atoms with Gasteiger partial charge in [0.25, 0.3) is 0 Å². The molecular formula is C11H18O4. The standard InChI is InChI=1S/C11H18O4/c1-2-14-11(13)6-5-9(12)8-10-4-3-7-15-10/h10H,2-8H2,1H3. The van der Waals surface area contributed by atoms with Crippen LogP contribution in [0.3, 0.4) is 0 Å². The van der Waals surface area contributed by atoms with Crippen molar-refractivity contribution in [3.05, 3.63) is 0 Å². The molecule has 0 spiro atoms. The zero-order valence-electron chi connectivity index (χ0n) is 9.16. The zero-order valence-corrected chi connectivity index (χ0v) is 9.16. The number of rotatable bonds is 6. The predicted octanol–water partition coefficient (Wildman–Crippen LogP) is 1.47. The Morgan fingerprint density at radius 3 is 2.80 bits per heavy atom. The second-order valence-electron chi connectivity index (χ2n) is 3.68. The molecule has 4 heteroatoms. The van der Waals surface area contributed by atoms with Crippen molar-refractivity contribution in [2.45, 2.75) is 45.1 Å². The van der Waals surface area contributed by atoms with Gasteiger partial charge in [0.2, 0.25) is 0 Å². The summed E-state index contributed by atoms with van der Waals surface area (Å²) in [5.74, 6) is -0.201. The topological polar surface area (TPSA) is 52.6 Å². The van der Waals surface area contributed by atoms with E-state index in [1.165, 1.54) is 0 Å². The van der Waals surface area contributed by atoms with E-state index in [2.05, 4.69) is 0 Å². The summed E-state index contributed by atoms with van der Waals surface area (Å²) in [4.78, 5) is 22.4. The number of esters is 1. The molecule has 1 aliphatic heterocycles. The lowest BCUT2D eigenvalue weighted by Gasteiger charge is -2.07. The van der Waals surface area contributed by atoms with Gasteiger partial charge in [0.15, 0.2) is 0 Å². The SMILES string of the molecule is CCOC(=O)CCC(=O)CC1CCCO1. The fourth-order valence-corrected chi connectivity index (χ4v) is 1.64. The highest BCUT2D eigenvalue weighted by Crippen LogP contribution is 2.16. The Bertz CT molecular complexity index is 219. The Hall–Kier alpha value is -0.900. The van der Waals surface area contributed by atoms with Gasteiger partial charge in [0, 0.05) is 19.4 Å². The monoisotopic (exact) mass is 214 g/mol. The highest BCUT2D eigenvalue weighted by Gasteiger charge is 2.19. The molecule has 86 valence electrons. The molecule has 1 unspecified atom stereocenters. The van der Waals surface area contributed by atoms with Crippen LogP contribution in [0, 0.1) is 0 Å². The molecule has 0 bridgehead atoms. The van der Waals surface area contributed by atoms with E-state index < -0.39 is 0 Å². The molecule has 0 aromatic rings.